The maximum absolute atomic E-state index is 12.5. The minimum absolute atomic E-state index is 0.141. The fourth-order valence-corrected chi connectivity index (χ4v) is 7.91. The number of hydrogen-bond donors (Lipinski definition) is 1. The summed E-state index contributed by atoms with van der Waals surface area (Å²) in [5.74, 6) is 3.25. The molecule has 0 heterocycles. The lowest BCUT2D eigenvalue weighted by Crippen LogP contribution is -2.50. The number of carbonyl (C=O) groups excluding carboxylic acids is 1. The van der Waals surface area contributed by atoms with Crippen molar-refractivity contribution in [1.29, 1.82) is 0 Å². The van der Waals surface area contributed by atoms with Gasteiger partial charge in [0.05, 0.1) is 5.25 Å². The normalized spacial score (nSPS) is 43.2. The van der Waals surface area contributed by atoms with Crippen LogP contribution in [-0.4, -0.2) is 21.9 Å². The molecule has 3 heteroatoms. The summed E-state index contributed by atoms with van der Waals surface area (Å²) in [4.78, 5) is 12.5. The van der Waals surface area contributed by atoms with Crippen LogP contribution in [0.5, 0.6) is 0 Å². The van der Waals surface area contributed by atoms with Gasteiger partial charge in [0.2, 0.25) is 5.91 Å². The van der Waals surface area contributed by atoms with E-state index in [9.17, 15) is 4.79 Å². The first-order valence-electron chi connectivity index (χ1n) is 9.10. The van der Waals surface area contributed by atoms with Crippen molar-refractivity contribution in [2.45, 2.75) is 87.2 Å². The molecule has 0 aliphatic heterocycles. The lowest BCUT2D eigenvalue weighted by atomic mass is 9.56. The van der Waals surface area contributed by atoms with E-state index >= 15 is 0 Å². The summed E-state index contributed by atoms with van der Waals surface area (Å²) < 4.78 is 0.460. The van der Waals surface area contributed by atoms with Crippen molar-refractivity contribution < 1.29 is 4.79 Å². The van der Waals surface area contributed by atoms with Crippen molar-refractivity contribution in [3.63, 3.8) is 0 Å². The van der Waals surface area contributed by atoms with E-state index in [0.29, 0.717) is 16.7 Å². The van der Waals surface area contributed by atoms with Gasteiger partial charge in [0, 0.05) is 10.8 Å². The van der Waals surface area contributed by atoms with Crippen LogP contribution in [0.25, 0.3) is 0 Å². The molecule has 0 aromatic rings. The van der Waals surface area contributed by atoms with Crippen LogP contribution >= 0.6 is 11.8 Å². The van der Waals surface area contributed by atoms with Gasteiger partial charge in [-0.25, -0.2) is 0 Å². The monoisotopic (exact) mass is 307 g/mol. The minimum Gasteiger partial charge on any atom is -0.352 e. The summed E-state index contributed by atoms with van der Waals surface area (Å²) >= 11 is 2.04. The average molecular weight is 308 g/mol. The van der Waals surface area contributed by atoms with Gasteiger partial charge in [-0.1, -0.05) is 12.8 Å². The van der Waals surface area contributed by atoms with Gasteiger partial charge in [-0.2, -0.15) is 0 Å². The van der Waals surface area contributed by atoms with Gasteiger partial charge in [0.1, 0.15) is 0 Å². The van der Waals surface area contributed by atoms with Crippen molar-refractivity contribution in [3.8, 4) is 0 Å². The smallest absolute Gasteiger partial charge is 0.233 e. The van der Waals surface area contributed by atoms with Gasteiger partial charge >= 0.3 is 0 Å². The first kappa shape index (κ1) is 14.4. The number of rotatable bonds is 4. The molecule has 5 aliphatic carbocycles. The largest absolute Gasteiger partial charge is 0.352 e. The molecule has 4 bridgehead atoms. The summed E-state index contributed by atoms with van der Waals surface area (Å²) in [5.41, 5.74) is 0. The lowest BCUT2D eigenvalue weighted by Gasteiger charge is -2.57. The van der Waals surface area contributed by atoms with Crippen LogP contribution in [0.2, 0.25) is 0 Å². The van der Waals surface area contributed by atoms with Gasteiger partial charge in [-0.15, -0.1) is 11.8 Å². The Kier molecular flexibility index (Phi) is 3.76. The second-order valence-corrected chi connectivity index (χ2v) is 10.2. The fourth-order valence-electron chi connectivity index (χ4n) is 5.99. The van der Waals surface area contributed by atoms with E-state index in [0.717, 1.165) is 17.8 Å². The highest BCUT2D eigenvalue weighted by Gasteiger charge is 2.52. The second kappa shape index (κ2) is 5.47. The Morgan fingerprint density at radius 1 is 1.05 bits per heavy atom. The second-order valence-electron chi connectivity index (χ2n) is 8.35. The standard InChI is InChI=1S/C18H29NOS/c1-12(17(20)19-16-4-2-3-5-16)21-18-9-13-6-14(10-18)8-15(7-13)11-18/h12-16H,2-11H2,1H3,(H,19,20)/t12-,13?,14?,15?,18?/m0/s1. The molecule has 0 spiro atoms. The summed E-state index contributed by atoms with van der Waals surface area (Å²) in [6, 6.07) is 0.469. The zero-order valence-corrected chi connectivity index (χ0v) is 14.1. The Balaban J connectivity index is 1.37. The van der Waals surface area contributed by atoms with Gasteiger partial charge in [0.15, 0.2) is 0 Å². The van der Waals surface area contributed by atoms with E-state index in [2.05, 4.69) is 12.2 Å². The Labute approximate surface area is 133 Å². The number of thioether (sulfide) groups is 1. The van der Waals surface area contributed by atoms with Gasteiger partial charge in [-0.05, 0) is 76.0 Å². The number of amides is 1. The quantitative estimate of drug-likeness (QED) is 0.846. The predicted octanol–water partition coefficient (Wildman–Crippen LogP) is 4.14. The van der Waals surface area contributed by atoms with Crippen molar-refractivity contribution in [1.82, 2.24) is 5.32 Å². The third-order valence-electron chi connectivity index (χ3n) is 6.48. The minimum atomic E-state index is 0.141. The summed E-state index contributed by atoms with van der Waals surface area (Å²) in [6.45, 7) is 2.15. The van der Waals surface area contributed by atoms with Crippen LogP contribution in [0.3, 0.4) is 0 Å². The third kappa shape index (κ3) is 2.87. The maximum Gasteiger partial charge on any atom is 0.233 e. The topological polar surface area (TPSA) is 29.1 Å². The third-order valence-corrected chi connectivity index (χ3v) is 8.05. The van der Waals surface area contributed by atoms with E-state index in [1.807, 2.05) is 11.8 Å². The molecule has 118 valence electrons. The molecule has 0 radical (unpaired) electrons. The Morgan fingerprint density at radius 2 is 1.57 bits per heavy atom. The summed E-state index contributed by atoms with van der Waals surface area (Å²) in [6.07, 6.45) is 13.6. The summed E-state index contributed by atoms with van der Waals surface area (Å²) in [5, 5.41) is 3.44. The SMILES string of the molecule is C[C@H](SC12CC3CC(CC(C3)C1)C2)C(=O)NC1CCCC1. The molecule has 0 unspecified atom stereocenters. The molecule has 1 N–H and O–H groups in total. The average Bonchev–Trinajstić information content (AvgIpc) is 2.89. The maximum atomic E-state index is 12.5. The van der Waals surface area contributed by atoms with Crippen molar-refractivity contribution in [2.75, 3.05) is 0 Å². The predicted molar refractivity (Wildman–Crippen MR) is 88.4 cm³/mol. The molecule has 5 rings (SSSR count). The van der Waals surface area contributed by atoms with E-state index in [4.69, 9.17) is 0 Å². The molecule has 21 heavy (non-hydrogen) atoms. The highest BCUT2D eigenvalue weighted by molar-refractivity contribution is 8.01. The first-order chi connectivity index (χ1) is 10.1. The zero-order valence-electron chi connectivity index (χ0n) is 13.3. The van der Waals surface area contributed by atoms with Crippen molar-refractivity contribution in [2.24, 2.45) is 17.8 Å². The Bertz CT molecular complexity index is 380. The molecule has 5 fully saturated rings. The molecule has 2 nitrogen and oxygen atoms in total. The van der Waals surface area contributed by atoms with Crippen LogP contribution in [0.1, 0.15) is 71.1 Å². The highest BCUT2D eigenvalue weighted by Crippen LogP contribution is 2.61. The number of nitrogens with one attached hydrogen (secondary N) is 1. The van der Waals surface area contributed by atoms with E-state index in [1.54, 1.807) is 0 Å². The van der Waals surface area contributed by atoms with Crippen LogP contribution in [-0.2, 0) is 4.79 Å². The van der Waals surface area contributed by atoms with Crippen molar-refractivity contribution in [3.05, 3.63) is 0 Å². The summed E-state index contributed by atoms with van der Waals surface area (Å²) in [7, 11) is 0. The zero-order chi connectivity index (χ0) is 14.4. The van der Waals surface area contributed by atoms with Gasteiger partial charge in [0.25, 0.3) is 0 Å². The Morgan fingerprint density at radius 3 is 2.10 bits per heavy atom. The molecule has 0 saturated heterocycles. The molecular formula is C18H29NOS. The molecule has 5 saturated carbocycles. The Hall–Kier alpha value is -0.180. The van der Waals surface area contributed by atoms with E-state index < -0.39 is 0 Å². The van der Waals surface area contributed by atoms with Crippen molar-refractivity contribution >= 4 is 17.7 Å². The van der Waals surface area contributed by atoms with E-state index in [1.165, 1.54) is 64.2 Å². The van der Waals surface area contributed by atoms with Gasteiger partial charge in [-0.3, -0.25) is 4.79 Å². The van der Waals surface area contributed by atoms with Crippen LogP contribution < -0.4 is 5.32 Å². The molecule has 1 amide bonds. The molecule has 0 aromatic carbocycles. The van der Waals surface area contributed by atoms with Crippen LogP contribution in [0.15, 0.2) is 0 Å². The van der Waals surface area contributed by atoms with Crippen LogP contribution in [0, 0.1) is 17.8 Å². The van der Waals surface area contributed by atoms with E-state index in [-0.39, 0.29) is 5.25 Å². The molecule has 0 aromatic heterocycles. The molecule has 5 aliphatic rings. The first-order valence-corrected chi connectivity index (χ1v) is 9.98. The fraction of sp³-hybridized carbons (Fsp3) is 0.944. The highest BCUT2D eigenvalue weighted by atomic mass is 32.2. The number of carbonyl (C=O) groups is 1. The number of hydrogen-bond acceptors (Lipinski definition) is 2. The molecule has 1 atom stereocenters. The van der Waals surface area contributed by atoms with Crippen LogP contribution in [0.4, 0.5) is 0 Å². The lowest BCUT2D eigenvalue weighted by molar-refractivity contribution is -0.121. The van der Waals surface area contributed by atoms with Gasteiger partial charge < -0.3 is 5.32 Å². The molecular weight excluding hydrogens is 278 g/mol.